The number of sulfonamides is 1. The number of epoxide rings is 1. The van der Waals surface area contributed by atoms with Crippen LogP contribution in [-0.4, -0.2) is 64.4 Å². The topological polar surface area (TPSA) is 80.4 Å². The van der Waals surface area contributed by atoms with Crippen LogP contribution < -0.4 is 9.46 Å². The maximum Gasteiger partial charge on any atom is 0.240 e. The molecule has 26 heavy (non-hydrogen) atoms. The molecule has 7 nitrogen and oxygen atoms in total. The van der Waals surface area contributed by atoms with Crippen molar-refractivity contribution in [2.45, 2.75) is 43.0 Å². The molecular weight excluding hydrogens is 356 g/mol. The Morgan fingerprint density at radius 2 is 2.04 bits per heavy atom. The van der Waals surface area contributed by atoms with Crippen molar-refractivity contribution in [3.05, 3.63) is 23.8 Å². The highest BCUT2D eigenvalue weighted by Gasteiger charge is 2.56. The van der Waals surface area contributed by atoms with Crippen LogP contribution in [0.25, 0.3) is 0 Å². The standard InChI is InChI=1S/C18H26N2O5S/c1-18(2)17-16(24-17)14-12-13(4-5-15(14)25-18)26(21,22)19-6-3-7-20-8-10-23-11-9-20/h4-5,12,16-17,19H,3,6-11H2,1-2H3/t16-,17-/m0/s1. The molecule has 1 N–H and O–H groups in total. The maximum absolute atomic E-state index is 12.6. The van der Waals surface area contributed by atoms with E-state index in [1.807, 2.05) is 13.8 Å². The van der Waals surface area contributed by atoms with Crippen molar-refractivity contribution < 1.29 is 22.6 Å². The molecular formula is C18H26N2O5S. The Labute approximate surface area is 154 Å². The minimum Gasteiger partial charge on any atom is -0.485 e. The van der Waals surface area contributed by atoms with Crippen LogP contribution in [0.1, 0.15) is 31.9 Å². The van der Waals surface area contributed by atoms with Crippen molar-refractivity contribution in [3.63, 3.8) is 0 Å². The zero-order valence-electron chi connectivity index (χ0n) is 15.2. The van der Waals surface area contributed by atoms with Crippen LogP contribution in [0.5, 0.6) is 5.75 Å². The van der Waals surface area contributed by atoms with E-state index >= 15 is 0 Å². The van der Waals surface area contributed by atoms with Crippen LogP contribution in [0.3, 0.4) is 0 Å². The van der Waals surface area contributed by atoms with Crippen LogP contribution in [0, 0.1) is 0 Å². The monoisotopic (exact) mass is 382 g/mol. The molecule has 3 heterocycles. The third kappa shape index (κ3) is 3.61. The average molecular weight is 382 g/mol. The van der Waals surface area contributed by atoms with Crippen molar-refractivity contribution in [3.8, 4) is 5.75 Å². The second-order valence-corrected chi connectivity index (χ2v) is 9.35. The van der Waals surface area contributed by atoms with Crippen molar-refractivity contribution in [1.29, 1.82) is 0 Å². The first kappa shape index (κ1) is 18.2. The van der Waals surface area contributed by atoms with E-state index in [1.165, 1.54) is 0 Å². The molecule has 1 aromatic rings. The SMILES string of the molecule is CC1(C)Oc2ccc(S(=O)(=O)NCCCN3CCOCC3)cc2[C@@H]2O[C@@H]21. The number of fused-ring (bicyclic) bond motifs is 3. The highest BCUT2D eigenvalue weighted by Crippen LogP contribution is 2.53. The minimum absolute atomic E-state index is 0.00515. The van der Waals surface area contributed by atoms with Crippen LogP contribution in [-0.2, 0) is 19.5 Å². The largest absolute Gasteiger partial charge is 0.485 e. The number of ether oxygens (including phenoxy) is 3. The highest BCUT2D eigenvalue weighted by molar-refractivity contribution is 7.89. The molecule has 1 aromatic carbocycles. The molecule has 2 fully saturated rings. The quantitative estimate of drug-likeness (QED) is 0.590. The van der Waals surface area contributed by atoms with Gasteiger partial charge in [0.05, 0.1) is 18.1 Å². The first-order valence-electron chi connectivity index (χ1n) is 9.15. The van der Waals surface area contributed by atoms with Gasteiger partial charge in [-0.1, -0.05) is 0 Å². The van der Waals surface area contributed by atoms with E-state index in [4.69, 9.17) is 14.2 Å². The Kier molecular flexibility index (Phi) is 4.73. The van der Waals surface area contributed by atoms with E-state index in [2.05, 4.69) is 9.62 Å². The van der Waals surface area contributed by atoms with Crippen molar-refractivity contribution >= 4 is 10.0 Å². The van der Waals surface area contributed by atoms with Gasteiger partial charge in [0, 0.05) is 25.2 Å². The Morgan fingerprint density at radius 1 is 1.27 bits per heavy atom. The minimum atomic E-state index is -3.53. The van der Waals surface area contributed by atoms with E-state index < -0.39 is 10.0 Å². The molecule has 0 spiro atoms. The summed E-state index contributed by atoms with van der Waals surface area (Å²) in [5.74, 6) is 0.708. The fraction of sp³-hybridized carbons (Fsp3) is 0.667. The van der Waals surface area contributed by atoms with Crippen LogP contribution in [0.4, 0.5) is 0 Å². The van der Waals surface area contributed by atoms with Crippen LogP contribution >= 0.6 is 0 Å². The van der Waals surface area contributed by atoms with Gasteiger partial charge in [0.15, 0.2) is 0 Å². The summed E-state index contributed by atoms with van der Waals surface area (Å²) in [6.07, 6.45) is 0.703. The lowest BCUT2D eigenvalue weighted by molar-refractivity contribution is 0.0376. The number of hydrogen-bond acceptors (Lipinski definition) is 6. The molecule has 8 heteroatoms. The maximum atomic E-state index is 12.6. The van der Waals surface area contributed by atoms with Crippen molar-refractivity contribution in [2.24, 2.45) is 0 Å². The molecule has 144 valence electrons. The lowest BCUT2D eigenvalue weighted by Crippen LogP contribution is -2.38. The summed E-state index contributed by atoms with van der Waals surface area (Å²) in [5.41, 5.74) is 0.445. The van der Waals surface area contributed by atoms with Gasteiger partial charge in [-0.05, 0) is 45.0 Å². The normalized spacial score (nSPS) is 27.3. The Hall–Kier alpha value is -1.19. The number of rotatable bonds is 6. The molecule has 0 aliphatic carbocycles. The van der Waals surface area contributed by atoms with Gasteiger partial charge in [-0.15, -0.1) is 0 Å². The predicted octanol–water partition coefficient (Wildman–Crippen LogP) is 1.30. The number of benzene rings is 1. The smallest absolute Gasteiger partial charge is 0.240 e. The van der Waals surface area contributed by atoms with E-state index in [0.717, 1.165) is 44.8 Å². The molecule has 2 atom stereocenters. The van der Waals surface area contributed by atoms with E-state index in [1.54, 1.807) is 18.2 Å². The van der Waals surface area contributed by atoms with E-state index in [9.17, 15) is 8.42 Å². The number of nitrogens with one attached hydrogen (secondary N) is 1. The second-order valence-electron chi connectivity index (χ2n) is 7.59. The zero-order valence-corrected chi connectivity index (χ0v) is 16.0. The average Bonchev–Trinajstić information content (AvgIpc) is 3.41. The van der Waals surface area contributed by atoms with Gasteiger partial charge in [-0.3, -0.25) is 4.90 Å². The van der Waals surface area contributed by atoms with Gasteiger partial charge in [0.2, 0.25) is 10.0 Å². The Balaban J connectivity index is 1.37. The Bertz CT molecular complexity index is 774. The molecule has 2 saturated heterocycles. The second kappa shape index (κ2) is 6.76. The lowest BCUT2D eigenvalue weighted by atomic mass is 9.94. The number of nitrogens with zero attached hydrogens (tertiary/aromatic N) is 1. The number of morpholine rings is 1. The van der Waals surface area contributed by atoms with Crippen LogP contribution in [0.15, 0.2) is 23.1 Å². The summed E-state index contributed by atoms with van der Waals surface area (Å²) >= 11 is 0. The first-order chi connectivity index (χ1) is 12.4. The van der Waals surface area contributed by atoms with Crippen molar-refractivity contribution in [2.75, 3.05) is 39.4 Å². The molecule has 0 saturated carbocycles. The zero-order chi connectivity index (χ0) is 18.4. The highest BCUT2D eigenvalue weighted by atomic mass is 32.2. The fourth-order valence-corrected chi connectivity index (χ4v) is 4.75. The Morgan fingerprint density at radius 3 is 2.81 bits per heavy atom. The van der Waals surface area contributed by atoms with Gasteiger partial charge in [0.25, 0.3) is 0 Å². The third-order valence-corrected chi connectivity index (χ3v) is 6.65. The summed E-state index contributed by atoms with van der Waals surface area (Å²) in [6.45, 7) is 8.60. The first-order valence-corrected chi connectivity index (χ1v) is 10.6. The predicted molar refractivity (Wildman–Crippen MR) is 95.8 cm³/mol. The molecule has 0 aromatic heterocycles. The summed E-state index contributed by atoms with van der Waals surface area (Å²) in [6, 6.07) is 5.01. The van der Waals surface area contributed by atoms with E-state index in [-0.39, 0.29) is 22.7 Å². The van der Waals surface area contributed by atoms with Gasteiger partial charge in [-0.2, -0.15) is 0 Å². The summed E-state index contributed by atoms with van der Waals surface area (Å²) in [4.78, 5) is 2.56. The molecule has 0 bridgehead atoms. The molecule has 3 aliphatic rings. The van der Waals surface area contributed by atoms with Gasteiger partial charge >= 0.3 is 0 Å². The summed E-state index contributed by atoms with van der Waals surface area (Å²) < 4.78 is 44.8. The van der Waals surface area contributed by atoms with Gasteiger partial charge in [0.1, 0.15) is 23.6 Å². The molecule has 0 unspecified atom stereocenters. The van der Waals surface area contributed by atoms with E-state index in [0.29, 0.717) is 12.3 Å². The summed E-state index contributed by atoms with van der Waals surface area (Å²) in [5, 5.41) is 0. The van der Waals surface area contributed by atoms with Gasteiger partial charge < -0.3 is 14.2 Å². The third-order valence-electron chi connectivity index (χ3n) is 5.19. The molecule has 3 aliphatic heterocycles. The number of hydrogen-bond donors (Lipinski definition) is 1. The fourth-order valence-electron chi connectivity index (χ4n) is 3.65. The summed E-state index contributed by atoms with van der Waals surface area (Å²) in [7, 11) is -3.53. The van der Waals surface area contributed by atoms with Crippen molar-refractivity contribution in [1.82, 2.24) is 9.62 Å². The van der Waals surface area contributed by atoms with Crippen LogP contribution in [0.2, 0.25) is 0 Å². The lowest BCUT2D eigenvalue weighted by Gasteiger charge is -2.29. The molecule has 4 rings (SSSR count). The van der Waals surface area contributed by atoms with Gasteiger partial charge in [-0.25, -0.2) is 13.1 Å². The molecule has 0 radical (unpaired) electrons. The molecule has 0 amide bonds.